The van der Waals surface area contributed by atoms with Crippen LogP contribution in [0.3, 0.4) is 0 Å². The first-order valence-electron chi connectivity index (χ1n) is 8.10. The van der Waals surface area contributed by atoms with E-state index in [0.29, 0.717) is 23.4 Å². The highest BCUT2D eigenvalue weighted by atomic mass is 16.6. The maximum atomic E-state index is 12.2. The zero-order valence-electron chi connectivity index (χ0n) is 15.5. The molecule has 0 bridgehead atoms. The molecule has 1 aromatic rings. The number of amides is 1. The minimum atomic E-state index is -0.881. The monoisotopic (exact) mass is 351 g/mol. The van der Waals surface area contributed by atoms with Crippen LogP contribution in [0.5, 0.6) is 0 Å². The lowest BCUT2D eigenvalue weighted by Gasteiger charge is -2.35. The summed E-state index contributed by atoms with van der Waals surface area (Å²) in [5, 5.41) is 7.01. The van der Waals surface area contributed by atoms with E-state index in [2.05, 4.69) is 10.4 Å². The third-order valence-electron chi connectivity index (χ3n) is 3.70. The molecule has 2 rings (SSSR count). The summed E-state index contributed by atoms with van der Waals surface area (Å²) in [4.78, 5) is 24.3. The highest BCUT2D eigenvalue weighted by molar-refractivity contribution is 5.91. The van der Waals surface area contributed by atoms with E-state index in [1.807, 2.05) is 0 Å². The molecule has 1 aliphatic rings. The quantitative estimate of drug-likeness (QED) is 0.837. The molecule has 1 atom stereocenters. The molecule has 25 heavy (non-hydrogen) atoms. The van der Waals surface area contributed by atoms with Gasteiger partial charge >= 0.3 is 12.1 Å². The van der Waals surface area contributed by atoms with Crippen molar-refractivity contribution >= 4 is 18.3 Å². The Balaban J connectivity index is 2.32. The standard InChI is InChI=1S/C17H25N3O5/c1-7-24-14(21)11-9-18-20-10-13(23-6)17(5,8-12(11)20)19-15(22)25-16(2,3)4/h9-10H,7-8H2,1-6H3,(H,19,22). The summed E-state index contributed by atoms with van der Waals surface area (Å²) in [5.74, 6) is 0.0574. The van der Waals surface area contributed by atoms with E-state index in [4.69, 9.17) is 14.2 Å². The predicted molar refractivity (Wildman–Crippen MR) is 90.9 cm³/mol. The Hall–Kier alpha value is -2.51. The van der Waals surface area contributed by atoms with Crippen molar-refractivity contribution in [2.24, 2.45) is 0 Å². The Kier molecular flexibility index (Phi) is 5.10. The summed E-state index contributed by atoms with van der Waals surface area (Å²) in [6.07, 6.45) is 2.83. The van der Waals surface area contributed by atoms with Crippen LogP contribution in [0.2, 0.25) is 0 Å². The summed E-state index contributed by atoms with van der Waals surface area (Å²) in [6.45, 7) is 9.18. The van der Waals surface area contributed by atoms with Crippen LogP contribution in [0.15, 0.2) is 12.0 Å². The first-order valence-corrected chi connectivity index (χ1v) is 8.10. The molecular weight excluding hydrogens is 326 g/mol. The van der Waals surface area contributed by atoms with E-state index < -0.39 is 23.2 Å². The number of carbonyl (C=O) groups excluding carboxylic acids is 2. The normalized spacial score (nSPS) is 19.5. The molecule has 8 heteroatoms. The molecule has 0 fully saturated rings. The van der Waals surface area contributed by atoms with Crippen LogP contribution in [0.1, 0.15) is 50.7 Å². The predicted octanol–water partition coefficient (Wildman–Crippen LogP) is 2.34. The van der Waals surface area contributed by atoms with E-state index >= 15 is 0 Å². The molecule has 1 amide bonds. The molecule has 8 nitrogen and oxygen atoms in total. The van der Waals surface area contributed by atoms with Gasteiger partial charge in [0.2, 0.25) is 0 Å². The van der Waals surface area contributed by atoms with Crippen LogP contribution in [0.25, 0.3) is 6.20 Å². The van der Waals surface area contributed by atoms with Crippen LogP contribution in [-0.2, 0) is 20.6 Å². The van der Waals surface area contributed by atoms with Crippen molar-refractivity contribution in [3.05, 3.63) is 23.2 Å². The van der Waals surface area contributed by atoms with Gasteiger partial charge in [0, 0.05) is 6.42 Å². The van der Waals surface area contributed by atoms with E-state index in [1.165, 1.54) is 13.3 Å². The first-order chi connectivity index (χ1) is 11.6. The van der Waals surface area contributed by atoms with Gasteiger partial charge in [-0.15, -0.1) is 0 Å². The first kappa shape index (κ1) is 18.8. The molecule has 0 spiro atoms. The smallest absolute Gasteiger partial charge is 0.408 e. The van der Waals surface area contributed by atoms with Crippen LogP contribution < -0.4 is 5.32 Å². The molecule has 138 valence electrons. The van der Waals surface area contributed by atoms with E-state index in [0.717, 1.165) is 0 Å². The van der Waals surface area contributed by atoms with Crippen molar-refractivity contribution in [2.45, 2.75) is 52.2 Å². The summed E-state index contributed by atoms with van der Waals surface area (Å²) in [7, 11) is 1.52. The molecule has 0 aromatic carbocycles. The number of nitrogens with zero attached hydrogens (tertiary/aromatic N) is 2. The fourth-order valence-electron chi connectivity index (χ4n) is 2.64. The molecule has 1 unspecified atom stereocenters. The number of nitrogens with one attached hydrogen (secondary N) is 1. The minimum absolute atomic E-state index is 0.274. The highest BCUT2D eigenvalue weighted by Crippen LogP contribution is 2.30. The minimum Gasteiger partial charge on any atom is -0.497 e. The Morgan fingerprint density at radius 3 is 2.64 bits per heavy atom. The van der Waals surface area contributed by atoms with Crippen molar-refractivity contribution in [1.82, 2.24) is 15.1 Å². The van der Waals surface area contributed by atoms with Gasteiger partial charge in [-0.05, 0) is 34.6 Å². The molecule has 1 aliphatic heterocycles. The highest BCUT2D eigenvalue weighted by Gasteiger charge is 2.40. The average Bonchev–Trinajstić information content (AvgIpc) is 2.86. The van der Waals surface area contributed by atoms with Gasteiger partial charge < -0.3 is 19.5 Å². The summed E-state index contributed by atoms with van der Waals surface area (Å²) < 4.78 is 17.4. The van der Waals surface area contributed by atoms with Crippen molar-refractivity contribution < 1.29 is 23.8 Å². The van der Waals surface area contributed by atoms with Gasteiger partial charge in [-0.3, -0.25) is 0 Å². The lowest BCUT2D eigenvalue weighted by Crippen LogP contribution is -2.52. The molecule has 1 aromatic heterocycles. The maximum absolute atomic E-state index is 12.2. The molecule has 0 aliphatic carbocycles. The van der Waals surface area contributed by atoms with Crippen molar-refractivity contribution in [2.75, 3.05) is 13.7 Å². The SMILES string of the molecule is CCOC(=O)c1cnn2c1CC(C)(NC(=O)OC(C)(C)C)C(OC)=C2. The summed E-state index contributed by atoms with van der Waals surface area (Å²) in [5.41, 5.74) is -0.499. The number of alkyl carbamates (subject to hydrolysis) is 1. The zero-order chi connectivity index (χ0) is 18.8. The Bertz CT molecular complexity index is 702. The largest absolute Gasteiger partial charge is 0.497 e. The Morgan fingerprint density at radius 2 is 2.08 bits per heavy atom. The lowest BCUT2D eigenvalue weighted by atomic mass is 9.90. The Labute approximate surface area is 147 Å². The van der Waals surface area contributed by atoms with E-state index in [9.17, 15) is 9.59 Å². The maximum Gasteiger partial charge on any atom is 0.408 e. The molecular formula is C17H25N3O5. The topological polar surface area (TPSA) is 91.7 Å². The number of rotatable bonds is 4. The van der Waals surface area contributed by atoms with E-state index in [1.54, 1.807) is 45.5 Å². The number of esters is 1. The van der Waals surface area contributed by atoms with E-state index in [-0.39, 0.29) is 6.61 Å². The lowest BCUT2D eigenvalue weighted by molar-refractivity contribution is 0.0446. The van der Waals surface area contributed by atoms with Crippen LogP contribution in [-0.4, -0.2) is 46.7 Å². The van der Waals surface area contributed by atoms with Crippen LogP contribution >= 0.6 is 0 Å². The van der Waals surface area contributed by atoms with Gasteiger partial charge in [0.1, 0.15) is 22.5 Å². The van der Waals surface area contributed by atoms with Crippen molar-refractivity contribution in [3.8, 4) is 0 Å². The molecule has 0 radical (unpaired) electrons. The number of hydrogen-bond donors (Lipinski definition) is 1. The third-order valence-corrected chi connectivity index (χ3v) is 3.70. The fraction of sp³-hybridized carbons (Fsp3) is 0.588. The average molecular weight is 351 g/mol. The summed E-state index contributed by atoms with van der Waals surface area (Å²) in [6, 6.07) is 0. The van der Waals surface area contributed by atoms with Crippen LogP contribution in [0, 0.1) is 0 Å². The van der Waals surface area contributed by atoms with Gasteiger partial charge in [0.25, 0.3) is 0 Å². The van der Waals surface area contributed by atoms with Gasteiger partial charge in [0.15, 0.2) is 0 Å². The molecule has 2 heterocycles. The third kappa shape index (κ3) is 4.12. The number of ether oxygens (including phenoxy) is 3. The van der Waals surface area contributed by atoms with Gasteiger partial charge in [-0.25, -0.2) is 14.3 Å². The second-order valence-electron chi connectivity index (χ2n) is 7.00. The number of fused-ring (bicyclic) bond motifs is 1. The van der Waals surface area contributed by atoms with Crippen molar-refractivity contribution in [3.63, 3.8) is 0 Å². The van der Waals surface area contributed by atoms with Gasteiger partial charge in [0.05, 0.1) is 31.8 Å². The second kappa shape index (κ2) is 6.78. The van der Waals surface area contributed by atoms with Crippen LogP contribution in [0.4, 0.5) is 4.79 Å². The summed E-state index contributed by atoms with van der Waals surface area (Å²) >= 11 is 0. The van der Waals surface area contributed by atoms with Gasteiger partial charge in [-0.1, -0.05) is 0 Å². The molecule has 0 saturated carbocycles. The number of methoxy groups -OCH3 is 1. The number of carbonyl (C=O) groups is 2. The molecule has 1 N–H and O–H groups in total. The van der Waals surface area contributed by atoms with Crippen molar-refractivity contribution in [1.29, 1.82) is 0 Å². The number of aromatic nitrogens is 2. The van der Waals surface area contributed by atoms with Gasteiger partial charge in [-0.2, -0.15) is 5.10 Å². The second-order valence-corrected chi connectivity index (χ2v) is 7.00. The number of hydrogen-bond acceptors (Lipinski definition) is 6. The zero-order valence-corrected chi connectivity index (χ0v) is 15.5. The molecule has 0 saturated heterocycles. The fourth-order valence-corrected chi connectivity index (χ4v) is 2.64. The Morgan fingerprint density at radius 1 is 1.40 bits per heavy atom.